The second kappa shape index (κ2) is 4.41. The van der Waals surface area contributed by atoms with Gasteiger partial charge in [0.25, 0.3) is 6.43 Å². The first-order chi connectivity index (χ1) is 6.15. The van der Waals surface area contributed by atoms with E-state index >= 15 is 0 Å². The molecule has 1 aromatic heterocycles. The average molecular weight is 252 g/mol. The molecule has 0 spiro atoms. The van der Waals surface area contributed by atoms with Crippen LogP contribution in [0.1, 0.15) is 5.69 Å². The molecule has 0 fully saturated rings. The van der Waals surface area contributed by atoms with Crippen LogP contribution in [-0.4, -0.2) is 11.4 Å². The topological polar surface area (TPSA) is 12.9 Å². The Kier molecular flexibility index (Phi) is 3.48. The van der Waals surface area contributed by atoms with Crippen LogP contribution in [0.15, 0.2) is 29.1 Å². The number of hydrogen-bond acceptors (Lipinski definition) is 1. The minimum Gasteiger partial charge on any atom is -0.241 e. The molecule has 0 bridgehead atoms. The van der Waals surface area contributed by atoms with E-state index in [2.05, 4.69) is 20.9 Å². The van der Waals surface area contributed by atoms with E-state index in [4.69, 9.17) is 0 Å². The molecule has 0 radical (unpaired) electrons. The highest BCUT2D eigenvalue weighted by Gasteiger charge is 2.14. The molecule has 0 atom stereocenters. The van der Waals surface area contributed by atoms with Gasteiger partial charge in [0.2, 0.25) is 0 Å². The van der Waals surface area contributed by atoms with E-state index in [9.17, 15) is 13.2 Å². The lowest BCUT2D eigenvalue weighted by Crippen LogP contribution is -1.98. The minimum absolute atomic E-state index is 0.0631. The Bertz CT molecular complexity index is 325. The van der Waals surface area contributed by atoms with E-state index in [0.717, 1.165) is 0 Å². The molecule has 0 aromatic carbocycles. The molecule has 1 aromatic rings. The SMILES string of the molecule is FC=C(c1cccc(Br)n1)C(F)F. The number of allylic oxidation sites excluding steroid dienone is 1. The molecule has 13 heavy (non-hydrogen) atoms. The second-order valence-corrected chi connectivity index (χ2v) is 3.02. The molecule has 70 valence electrons. The molecular weight excluding hydrogens is 247 g/mol. The summed E-state index contributed by atoms with van der Waals surface area (Å²) in [5, 5.41) is 0. The fraction of sp³-hybridized carbons (Fsp3) is 0.125. The van der Waals surface area contributed by atoms with Crippen molar-refractivity contribution in [2.45, 2.75) is 6.43 Å². The molecule has 0 N–H and O–H groups in total. The predicted octanol–water partition coefficient (Wildman–Crippen LogP) is 3.42. The van der Waals surface area contributed by atoms with E-state index in [-0.39, 0.29) is 12.0 Å². The molecule has 0 saturated carbocycles. The van der Waals surface area contributed by atoms with E-state index < -0.39 is 12.0 Å². The van der Waals surface area contributed by atoms with Gasteiger partial charge >= 0.3 is 0 Å². The Labute approximate surface area is 81.4 Å². The Morgan fingerprint density at radius 3 is 2.62 bits per heavy atom. The summed E-state index contributed by atoms with van der Waals surface area (Å²) < 4.78 is 36.7. The van der Waals surface area contributed by atoms with Crippen LogP contribution in [0.25, 0.3) is 5.57 Å². The van der Waals surface area contributed by atoms with Crippen molar-refractivity contribution >= 4 is 21.5 Å². The van der Waals surface area contributed by atoms with Gasteiger partial charge in [0.15, 0.2) is 0 Å². The molecule has 0 aliphatic carbocycles. The van der Waals surface area contributed by atoms with Crippen LogP contribution in [0.2, 0.25) is 0 Å². The van der Waals surface area contributed by atoms with Gasteiger partial charge in [0.05, 0.1) is 17.6 Å². The normalized spacial score (nSPS) is 12.2. The second-order valence-electron chi connectivity index (χ2n) is 2.21. The quantitative estimate of drug-likeness (QED) is 0.735. The van der Waals surface area contributed by atoms with Crippen LogP contribution in [-0.2, 0) is 0 Å². The standard InChI is InChI=1S/C8H5BrF3N/c9-7-3-1-2-6(13-7)5(4-10)8(11)12/h1-4,8H. The van der Waals surface area contributed by atoms with Gasteiger partial charge in [-0.2, -0.15) is 0 Å². The third kappa shape index (κ3) is 2.55. The molecule has 0 amide bonds. The third-order valence-electron chi connectivity index (χ3n) is 1.36. The van der Waals surface area contributed by atoms with Gasteiger partial charge in [-0.25, -0.2) is 18.2 Å². The summed E-state index contributed by atoms with van der Waals surface area (Å²) in [5.74, 6) is 0. The number of pyridine rings is 1. The van der Waals surface area contributed by atoms with Crippen molar-refractivity contribution in [1.29, 1.82) is 0 Å². The fourth-order valence-electron chi connectivity index (χ4n) is 0.784. The zero-order chi connectivity index (χ0) is 9.84. The van der Waals surface area contributed by atoms with E-state index in [1.54, 1.807) is 6.07 Å². The van der Waals surface area contributed by atoms with Crippen molar-refractivity contribution in [3.05, 3.63) is 34.8 Å². The lowest BCUT2D eigenvalue weighted by Gasteiger charge is -2.03. The maximum Gasteiger partial charge on any atom is 0.268 e. The van der Waals surface area contributed by atoms with E-state index in [1.165, 1.54) is 12.1 Å². The zero-order valence-electron chi connectivity index (χ0n) is 6.35. The summed E-state index contributed by atoms with van der Waals surface area (Å²) in [6, 6.07) is 4.41. The van der Waals surface area contributed by atoms with Gasteiger partial charge in [0.1, 0.15) is 4.60 Å². The molecule has 1 heterocycles. The Balaban J connectivity index is 3.06. The highest BCUT2D eigenvalue weighted by atomic mass is 79.9. The summed E-state index contributed by atoms with van der Waals surface area (Å²) in [4.78, 5) is 3.69. The van der Waals surface area contributed by atoms with E-state index in [1.807, 2.05) is 0 Å². The van der Waals surface area contributed by atoms with Gasteiger partial charge < -0.3 is 0 Å². The minimum atomic E-state index is -2.85. The van der Waals surface area contributed by atoms with Gasteiger partial charge in [-0.05, 0) is 28.1 Å². The molecular formula is C8H5BrF3N. The number of rotatable bonds is 2. The number of aromatic nitrogens is 1. The Hall–Kier alpha value is -0.840. The monoisotopic (exact) mass is 251 g/mol. The van der Waals surface area contributed by atoms with Gasteiger partial charge in [-0.1, -0.05) is 6.07 Å². The van der Waals surface area contributed by atoms with Crippen molar-refractivity contribution in [1.82, 2.24) is 4.98 Å². The summed E-state index contributed by atoms with van der Waals surface area (Å²) in [6.07, 6.45) is -2.98. The molecule has 5 heteroatoms. The summed E-state index contributed by atoms with van der Waals surface area (Å²) in [5.41, 5.74) is -0.770. The van der Waals surface area contributed by atoms with Gasteiger partial charge in [0, 0.05) is 0 Å². The molecule has 1 nitrogen and oxygen atoms in total. The van der Waals surface area contributed by atoms with Gasteiger partial charge in [-0.15, -0.1) is 0 Å². The van der Waals surface area contributed by atoms with Crippen LogP contribution in [0.4, 0.5) is 13.2 Å². The van der Waals surface area contributed by atoms with Crippen molar-refractivity contribution in [3.63, 3.8) is 0 Å². The summed E-state index contributed by atoms with van der Waals surface area (Å²) in [7, 11) is 0. The first kappa shape index (κ1) is 10.2. The number of alkyl halides is 2. The molecule has 0 aliphatic heterocycles. The Morgan fingerprint density at radius 1 is 1.46 bits per heavy atom. The van der Waals surface area contributed by atoms with Crippen LogP contribution in [0.5, 0.6) is 0 Å². The van der Waals surface area contributed by atoms with Crippen LogP contribution >= 0.6 is 15.9 Å². The summed E-state index contributed by atoms with van der Waals surface area (Å²) >= 11 is 3.00. The highest BCUT2D eigenvalue weighted by molar-refractivity contribution is 9.10. The van der Waals surface area contributed by atoms with Crippen LogP contribution in [0, 0.1) is 0 Å². The van der Waals surface area contributed by atoms with Crippen molar-refractivity contribution in [2.24, 2.45) is 0 Å². The predicted molar refractivity (Wildman–Crippen MR) is 47.0 cm³/mol. The lowest BCUT2D eigenvalue weighted by atomic mass is 10.2. The molecule has 1 rings (SSSR count). The van der Waals surface area contributed by atoms with Crippen LogP contribution < -0.4 is 0 Å². The maximum absolute atomic E-state index is 12.2. The molecule has 0 unspecified atom stereocenters. The zero-order valence-corrected chi connectivity index (χ0v) is 7.93. The summed E-state index contributed by atoms with van der Waals surface area (Å²) in [6.45, 7) is 0. The fourth-order valence-corrected chi connectivity index (χ4v) is 1.13. The van der Waals surface area contributed by atoms with Crippen LogP contribution in [0.3, 0.4) is 0 Å². The molecule has 0 saturated heterocycles. The smallest absolute Gasteiger partial charge is 0.241 e. The first-order valence-corrected chi connectivity index (χ1v) is 4.16. The van der Waals surface area contributed by atoms with Crippen molar-refractivity contribution in [2.75, 3.05) is 0 Å². The van der Waals surface area contributed by atoms with Gasteiger partial charge in [-0.3, -0.25) is 0 Å². The number of halogens is 4. The molecule has 0 aliphatic rings. The Morgan fingerprint density at radius 2 is 2.15 bits per heavy atom. The van der Waals surface area contributed by atoms with E-state index in [0.29, 0.717) is 4.60 Å². The largest absolute Gasteiger partial charge is 0.268 e. The third-order valence-corrected chi connectivity index (χ3v) is 1.81. The van der Waals surface area contributed by atoms with Crippen molar-refractivity contribution < 1.29 is 13.2 Å². The highest BCUT2D eigenvalue weighted by Crippen LogP contribution is 2.21. The van der Waals surface area contributed by atoms with Crippen molar-refractivity contribution in [3.8, 4) is 0 Å². The first-order valence-electron chi connectivity index (χ1n) is 3.36. The maximum atomic E-state index is 12.2. The number of hydrogen-bond donors (Lipinski definition) is 0. The lowest BCUT2D eigenvalue weighted by molar-refractivity contribution is 0.213. The average Bonchev–Trinajstić information content (AvgIpc) is 2.04. The number of nitrogens with zero attached hydrogens (tertiary/aromatic N) is 1.